The molecule has 0 spiro atoms. The molecule has 0 aliphatic heterocycles. The number of fused-ring (bicyclic) bond motifs is 1. The molecule has 154 valence electrons. The molecule has 0 saturated heterocycles. The summed E-state index contributed by atoms with van der Waals surface area (Å²) in [4.78, 5) is 22.5. The summed E-state index contributed by atoms with van der Waals surface area (Å²) in [6, 6.07) is 15.0. The molecule has 8 nitrogen and oxygen atoms in total. The van der Waals surface area contributed by atoms with Crippen LogP contribution in [-0.4, -0.2) is 23.4 Å². The molecule has 0 bridgehead atoms. The first kappa shape index (κ1) is 19.2. The maximum atomic E-state index is 12.8. The van der Waals surface area contributed by atoms with Gasteiger partial charge < -0.3 is 4.42 Å². The summed E-state index contributed by atoms with van der Waals surface area (Å²) in [6.07, 6.45) is 3.45. The number of thiazole rings is 1. The van der Waals surface area contributed by atoms with Crippen LogP contribution in [0.15, 0.2) is 86.5 Å². The zero-order valence-electron chi connectivity index (χ0n) is 15.8. The Morgan fingerprint density at radius 2 is 1.90 bits per heavy atom. The van der Waals surface area contributed by atoms with E-state index in [1.165, 1.54) is 29.5 Å². The highest BCUT2D eigenvalue weighted by molar-refractivity contribution is 7.92. The minimum absolute atomic E-state index is 0.0133. The molecule has 0 amide bonds. The van der Waals surface area contributed by atoms with Crippen LogP contribution in [0.1, 0.15) is 0 Å². The lowest BCUT2D eigenvalue weighted by Crippen LogP contribution is -2.12. The predicted octanol–water partition coefficient (Wildman–Crippen LogP) is 4.11. The summed E-state index contributed by atoms with van der Waals surface area (Å²) >= 11 is 1.49. The number of rotatable bonds is 5. The highest BCUT2D eigenvalue weighted by Gasteiger charge is 2.17. The smallest absolute Gasteiger partial charge is 0.408 e. The topological polar surface area (TPSA) is 118 Å². The molecule has 2 N–H and O–H groups in total. The summed E-state index contributed by atoms with van der Waals surface area (Å²) in [7, 11) is -3.88. The van der Waals surface area contributed by atoms with Crippen LogP contribution in [0.4, 0.5) is 5.69 Å². The quantitative estimate of drug-likeness (QED) is 0.416. The van der Waals surface area contributed by atoms with Crippen molar-refractivity contribution >= 4 is 38.1 Å². The third-order valence-corrected chi connectivity index (χ3v) is 6.80. The minimum Gasteiger partial charge on any atom is -0.408 e. The predicted molar refractivity (Wildman–Crippen MR) is 118 cm³/mol. The van der Waals surface area contributed by atoms with E-state index in [0.717, 1.165) is 21.8 Å². The molecule has 5 rings (SSSR count). The van der Waals surface area contributed by atoms with Crippen molar-refractivity contribution in [2.75, 3.05) is 4.72 Å². The number of nitrogens with zero attached hydrogens (tertiary/aromatic N) is 2. The molecule has 0 fully saturated rings. The first-order valence-electron chi connectivity index (χ1n) is 9.10. The van der Waals surface area contributed by atoms with Crippen LogP contribution in [0.5, 0.6) is 0 Å². The Hall–Kier alpha value is -3.76. The molecule has 0 atom stereocenters. The van der Waals surface area contributed by atoms with Gasteiger partial charge in [0.05, 0.1) is 16.1 Å². The number of H-pyrrole nitrogens is 1. The van der Waals surface area contributed by atoms with Crippen molar-refractivity contribution in [3.63, 3.8) is 0 Å². The maximum absolute atomic E-state index is 12.8. The Morgan fingerprint density at radius 3 is 2.74 bits per heavy atom. The first-order valence-corrected chi connectivity index (χ1v) is 11.5. The van der Waals surface area contributed by atoms with Crippen molar-refractivity contribution in [2.45, 2.75) is 4.90 Å². The van der Waals surface area contributed by atoms with Gasteiger partial charge in [0.25, 0.3) is 10.0 Å². The van der Waals surface area contributed by atoms with Gasteiger partial charge in [-0.3, -0.25) is 14.7 Å². The number of oxazole rings is 1. The molecule has 0 radical (unpaired) electrons. The van der Waals surface area contributed by atoms with Crippen LogP contribution in [0, 0.1) is 0 Å². The van der Waals surface area contributed by atoms with Crippen LogP contribution < -0.4 is 10.5 Å². The average molecular weight is 451 g/mol. The summed E-state index contributed by atoms with van der Waals surface area (Å²) in [5.41, 5.74) is 3.43. The van der Waals surface area contributed by atoms with Crippen molar-refractivity contribution in [3.8, 4) is 21.8 Å². The van der Waals surface area contributed by atoms with E-state index in [4.69, 9.17) is 4.42 Å². The second-order valence-electron chi connectivity index (χ2n) is 6.64. The van der Waals surface area contributed by atoms with E-state index in [9.17, 15) is 13.2 Å². The van der Waals surface area contributed by atoms with Crippen molar-refractivity contribution in [1.29, 1.82) is 0 Å². The number of hydrogen-bond donors (Lipinski definition) is 2. The monoisotopic (exact) mass is 450 g/mol. The summed E-state index contributed by atoms with van der Waals surface area (Å²) < 4.78 is 33.2. The van der Waals surface area contributed by atoms with Crippen molar-refractivity contribution in [2.24, 2.45) is 0 Å². The zero-order chi connectivity index (χ0) is 21.4. The van der Waals surface area contributed by atoms with Gasteiger partial charge in [0.2, 0.25) is 0 Å². The fraction of sp³-hybridized carbons (Fsp3) is 0. The normalized spacial score (nSPS) is 11.6. The summed E-state index contributed by atoms with van der Waals surface area (Å²) in [5.74, 6) is -0.640. The number of aromatic nitrogens is 3. The largest absolute Gasteiger partial charge is 0.417 e. The number of nitrogens with one attached hydrogen (secondary N) is 2. The lowest BCUT2D eigenvalue weighted by atomic mass is 10.1. The van der Waals surface area contributed by atoms with Gasteiger partial charge in [0.1, 0.15) is 5.01 Å². The van der Waals surface area contributed by atoms with Crippen LogP contribution in [-0.2, 0) is 10.0 Å². The van der Waals surface area contributed by atoms with E-state index in [0.29, 0.717) is 11.2 Å². The molecule has 5 aromatic rings. The van der Waals surface area contributed by atoms with Gasteiger partial charge in [-0.15, -0.1) is 11.3 Å². The molecule has 0 unspecified atom stereocenters. The molecule has 0 aliphatic carbocycles. The van der Waals surface area contributed by atoms with E-state index in [1.807, 2.05) is 23.6 Å². The molecule has 0 saturated carbocycles. The Bertz CT molecular complexity index is 1550. The first-order chi connectivity index (χ1) is 15.0. The van der Waals surface area contributed by atoms with Crippen molar-refractivity contribution < 1.29 is 12.8 Å². The molecule has 0 aliphatic rings. The van der Waals surface area contributed by atoms with Crippen LogP contribution in [0.25, 0.3) is 32.9 Å². The number of anilines is 1. The molecule has 3 heterocycles. The van der Waals surface area contributed by atoms with E-state index in [1.54, 1.807) is 30.6 Å². The van der Waals surface area contributed by atoms with Crippen molar-refractivity contribution in [3.05, 3.63) is 82.9 Å². The third-order valence-electron chi connectivity index (χ3n) is 4.53. The number of sulfonamides is 1. The maximum Gasteiger partial charge on any atom is 0.417 e. The highest BCUT2D eigenvalue weighted by atomic mass is 32.2. The average Bonchev–Trinajstić information content (AvgIpc) is 3.40. The fourth-order valence-electron chi connectivity index (χ4n) is 3.08. The molecular formula is C21H14N4O4S2. The Kier molecular flexibility index (Phi) is 4.64. The molecule has 2 aromatic carbocycles. The third kappa shape index (κ3) is 3.86. The van der Waals surface area contributed by atoms with Gasteiger partial charge in [-0.1, -0.05) is 12.1 Å². The van der Waals surface area contributed by atoms with Crippen molar-refractivity contribution in [1.82, 2.24) is 15.0 Å². The van der Waals surface area contributed by atoms with Crippen LogP contribution in [0.3, 0.4) is 0 Å². The highest BCUT2D eigenvalue weighted by Crippen LogP contribution is 2.30. The Labute approximate surface area is 180 Å². The van der Waals surface area contributed by atoms with E-state index in [-0.39, 0.29) is 10.5 Å². The zero-order valence-corrected chi connectivity index (χ0v) is 17.4. The van der Waals surface area contributed by atoms with Gasteiger partial charge in [-0.25, -0.2) is 18.2 Å². The summed E-state index contributed by atoms with van der Waals surface area (Å²) in [6.45, 7) is 0. The Morgan fingerprint density at radius 1 is 1.03 bits per heavy atom. The van der Waals surface area contributed by atoms with E-state index >= 15 is 0 Å². The lowest BCUT2D eigenvalue weighted by molar-refractivity contribution is 0.554. The molecular weight excluding hydrogens is 436 g/mol. The number of aromatic amines is 1. The molecule has 10 heteroatoms. The standard InChI is InChI=1S/C21H14N4O4S2/c26-21-24-17-7-6-16(10-19(17)29-21)31(27,28)25-15-5-1-3-13(9-15)18-12-30-20(23-18)14-4-2-8-22-11-14/h1-12,25H,(H,24,26). The minimum atomic E-state index is -3.88. The lowest BCUT2D eigenvalue weighted by Gasteiger charge is -2.09. The second kappa shape index (κ2) is 7.49. The van der Waals surface area contributed by atoms with Gasteiger partial charge >= 0.3 is 5.76 Å². The van der Waals surface area contributed by atoms with E-state index < -0.39 is 15.8 Å². The number of hydrogen-bond acceptors (Lipinski definition) is 7. The van der Waals surface area contributed by atoms with Gasteiger partial charge in [0, 0.05) is 40.7 Å². The van der Waals surface area contributed by atoms with Gasteiger partial charge in [-0.2, -0.15) is 0 Å². The van der Waals surface area contributed by atoms with Crippen LogP contribution in [0.2, 0.25) is 0 Å². The number of pyridine rings is 1. The van der Waals surface area contributed by atoms with E-state index in [2.05, 4.69) is 19.7 Å². The van der Waals surface area contributed by atoms with Gasteiger partial charge in [0.15, 0.2) is 5.58 Å². The fourth-order valence-corrected chi connectivity index (χ4v) is 4.96. The SMILES string of the molecule is O=c1[nH]c2ccc(S(=O)(=O)Nc3cccc(-c4csc(-c5cccnc5)n4)c3)cc2o1. The number of benzene rings is 2. The van der Waals surface area contributed by atoms with Crippen LogP contribution >= 0.6 is 11.3 Å². The Balaban J connectivity index is 1.43. The van der Waals surface area contributed by atoms with Gasteiger partial charge in [-0.05, 0) is 36.4 Å². The molecule has 31 heavy (non-hydrogen) atoms. The summed E-state index contributed by atoms with van der Waals surface area (Å²) in [5, 5.41) is 2.74. The second-order valence-corrected chi connectivity index (χ2v) is 9.18. The molecule has 3 aromatic heterocycles.